The van der Waals surface area contributed by atoms with Crippen molar-refractivity contribution < 1.29 is 0 Å². The molecule has 0 amide bonds. The summed E-state index contributed by atoms with van der Waals surface area (Å²) in [6.45, 7) is 0. The molecule has 0 saturated carbocycles. The maximum atomic E-state index is 4.20. The molecule has 2 heteroatoms. The molecule has 2 rings (SSSR count). The molecule has 0 aromatic heterocycles. The minimum absolute atomic E-state index is 0.338. The van der Waals surface area contributed by atoms with Crippen LogP contribution in [-0.2, 0) is 0 Å². The summed E-state index contributed by atoms with van der Waals surface area (Å²) < 4.78 is 0. The number of likely N-dealkylation sites (N-methyl/N-ethyl adjacent to an activating group) is 1. The quantitative estimate of drug-likeness (QED) is 0.448. The van der Waals surface area contributed by atoms with Crippen LogP contribution in [0.1, 0.15) is 0 Å². The lowest BCUT2D eigenvalue weighted by Gasteiger charge is -2.15. The van der Waals surface area contributed by atoms with E-state index in [1.165, 1.54) is 0 Å². The van der Waals surface area contributed by atoms with Gasteiger partial charge in [0.05, 0.1) is 18.1 Å². The van der Waals surface area contributed by atoms with E-state index in [1.807, 2.05) is 31.6 Å². The summed E-state index contributed by atoms with van der Waals surface area (Å²) in [6, 6.07) is 0.338. The van der Waals surface area contributed by atoms with Crippen LogP contribution in [0, 0.1) is 0 Å². The largest absolute Gasteiger partial charge is 0.353 e. The Morgan fingerprint density at radius 1 is 1.70 bits per heavy atom. The highest BCUT2D eigenvalue weighted by Crippen LogP contribution is 2.18. The Bertz CT molecular complexity index is 267. The molecule has 0 aromatic rings. The van der Waals surface area contributed by atoms with Crippen LogP contribution in [0.3, 0.4) is 0 Å². The van der Waals surface area contributed by atoms with Gasteiger partial charge in [0.15, 0.2) is 0 Å². The van der Waals surface area contributed by atoms with Gasteiger partial charge < -0.3 is 4.90 Å². The van der Waals surface area contributed by atoms with Gasteiger partial charge in [0, 0.05) is 7.05 Å². The molecule has 1 aliphatic heterocycles. The summed E-state index contributed by atoms with van der Waals surface area (Å²) in [4.78, 5) is 6.26. The first-order valence-electron chi connectivity index (χ1n) is 3.27. The Hall–Kier alpha value is -1.27. The maximum absolute atomic E-state index is 4.20. The van der Waals surface area contributed by atoms with E-state index in [2.05, 4.69) is 15.6 Å². The van der Waals surface area contributed by atoms with Gasteiger partial charge in [-0.15, -0.1) is 5.73 Å². The van der Waals surface area contributed by atoms with E-state index >= 15 is 0 Å². The number of nitrogens with zero attached hydrogens (tertiary/aromatic N) is 2. The second-order valence-corrected chi connectivity index (χ2v) is 2.45. The third kappa shape index (κ3) is 0.630. The van der Waals surface area contributed by atoms with Crippen LogP contribution in [-0.4, -0.2) is 24.3 Å². The van der Waals surface area contributed by atoms with Crippen molar-refractivity contribution in [2.24, 2.45) is 4.99 Å². The van der Waals surface area contributed by atoms with Gasteiger partial charge >= 0.3 is 0 Å². The molecule has 1 aliphatic carbocycles. The average Bonchev–Trinajstić information content (AvgIpc) is 2.34. The van der Waals surface area contributed by atoms with Gasteiger partial charge in [-0.1, -0.05) is 0 Å². The monoisotopic (exact) mass is 132 g/mol. The molecule has 50 valence electrons. The van der Waals surface area contributed by atoms with Crippen molar-refractivity contribution in [3.05, 3.63) is 29.7 Å². The summed E-state index contributed by atoms with van der Waals surface area (Å²) >= 11 is 0. The molecule has 0 N–H and O–H groups in total. The summed E-state index contributed by atoms with van der Waals surface area (Å²) in [5.41, 5.74) is 4.15. The van der Waals surface area contributed by atoms with Gasteiger partial charge in [-0.25, -0.2) is 4.99 Å². The summed E-state index contributed by atoms with van der Waals surface area (Å²) in [6.07, 6.45) is 7.74. The Morgan fingerprint density at radius 3 is 3.40 bits per heavy atom. The van der Waals surface area contributed by atoms with Crippen molar-refractivity contribution in [3.63, 3.8) is 0 Å². The van der Waals surface area contributed by atoms with E-state index in [1.54, 1.807) is 0 Å². The van der Waals surface area contributed by atoms with E-state index in [9.17, 15) is 0 Å². The molecule has 10 heavy (non-hydrogen) atoms. The van der Waals surface area contributed by atoms with Crippen LogP contribution in [0.2, 0.25) is 0 Å². The van der Waals surface area contributed by atoms with Crippen LogP contribution in [0.4, 0.5) is 0 Å². The molecule has 2 aliphatic rings. The summed E-state index contributed by atoms with van der Waals surface area (Å²) in [5.74, 6) is 0. The molecule has 0 aromatic carbocycles. The number of allylic oxidation sites excluding steroid dienone is 1. The lowest BCUT2D eigenvalue weighted by atomic mass is 10.1. The fourth-order valence-corrected chi connectivity index (χ4v) is 1.14. The zero-order chi connectivity index (χ0) is 6.97. The van der Waals surface area contributed by atoms with Crippen LogP contribution >= 0.6 is 0 Å². The highest BCUT2D eigenvalue weighted by Gasteiger charge is 2.19. The molecular weight excluding hydrogens is 124 g/mol. The molecule has 1 atom stereocenters. The van der Waals surface area contributed by atoms with Crippen LogP contribution in [0.5, 0.6) is 0 Å². The van der Waals surface area contributed by atoms with Gasteiger partial charge in [0.25, 0.3) is 0 Å². The van der Waals surface area contributed by atoms with Crippen molar-refractivity contribution in [2.45, 2.75) is 6.04 Å². The summed E-state index contributed by atoms with van der Waals surface area (Å²) in [5, 5.41) is 0. The third-order valence-electron chi connectivity index (χ3n) is 1.74. The zero-order valence-corrected chi connectivity index (χ0v) is 5.78. The maximum Gasteiger partial charge on any atom is 0.0976 e. The normalized spacial score (nSPS) is 27.1. The van der Waals surface area contributed by atoms with E-state index in [-0.39, 0.29) is 0 Å². The van der Waals surface area contributed by atoms with Gasteiger partial charge in [0.1, 0.15) is 0 Å². The predicted octanol–water partition coefficient (Wildman–Crippen LogP) is 0.938. The minimum Gasteiger partial charge on any atom is -0.353 e. The lowest BCUT2D eigenvalue weighted by molar-refractivity contribution is 0.507. The van der Waals surface area contributed by atoms with Gasteiger partial charge in [-0.3, -0.25) is 0 Å². The third-order valence-corrected chi connectivity index (χ3v) is 1.74. The number of hydrogen-bond acceptors (Lipinski definition) is 2. The second-order valence-electron chi connectivity index (χ2n) is 2.45. The molecule has 0 fully saturated rings. The van der Waals surface area contributed by atoms with E-state index in [0.29, 0.717) is 6.04 Å². The molecule has 0 bridgehead atoms. The van der Waals surface area contributed by atoms with Crippen molar-refractivity contribution in [1.82, 2.24) is 4.90 Å². The number of hydrogen-bond donors (Lipinski definition) is 0. The van der Waals surface area contributed by atoms with Crippen molar-refractivity contribution in [1.29, 1.82) is 0 Å². The highest BCUT2D eigenvalue weighted by molar-refractivity contribution is 5.63. The van der Waals surface area contributed by atoms with E-state index < -0.39 is 0 Å². The van der Waals surface area contributed by atoms with E-state index in [4.69, 9.17) is 0 Å². The topological polar surface area (TPSA) is 15.6 Å². The van der Waals surface area contributed by atoms with Crippen LogP contribution in [0.15, 0.2) is 34.6 Å². The SMILES string of the molecule is CN1C=NC2=CC=C=CC21. The minimum atomic E-state index is 0.338. The Morgan fingerprint density at radius 2 is 2.60 bits per heavy atom. The molecule has 0 radical (unpaired) electrons. The highest BCUT2D eigenvalue weighted by atomic mass is 15.2. The zero-order valence-electron chi connectivity index (χ0n) is 5.78. The number of aliphatic imine (C=N–C) groups is 1. The first kappa shape index (κ1) is 5.51. The average molecular weight is 132 g/mol. The van der Waals surface area contributed by atoms with Crippen LogP contribution in [0.25, 0.3) is 0 Å². The lowest BCUT2D eigenvalue weighted by Crippen LogP contribution is -2.24. The van der Waals surface area contributed by atoms with Crippen molar-refractivity contribution in [3.8, 4) is 0 Å². The molecule has 0 spiro atoms. The molecule has 1 unspecified atom stereocenters. The van der Waals surface area contributed by atoms with Crippen molar-refractivity contribution >= 4 is 6.34 Å². The number of rotatable bonds is 0. The summed E-state index contributed by atoms with van der Waals surface area (Å²) in [7, 11) is 2.01. The van der Waals surface area contributed by atoms with Gasteiger partial charge in [0.2, 0.25) is 0 Å². The van der Waals surface area contributed by atoms with E-state index in [0.717, 1.165) is 5.70 Å². The number of fused-ring (bicyclic) bond motifs is 1. The first-order chi connectivity index (χ1) is 4.88. The second kappa shape index (κ2) is 1.86. The molecular formula is C8H8N2. The molecule has 1 heterocycles. The Labute approximate surface area is 59.9 Å². The Kier molecular flexibility index (Phi) is 1.02. The van der Waals surface area contributed by atoms with Crippen molar-refractivity contribution in [2.75, 3.05) is 7.05 Å². The fraction of sp³-hybridized carbons (Fsp3) is 0.250. The smallest absolute Gasteiger partial charge is 0.0976 e. The fourth-order valence-electron chi connectivity index (χ4n) is 1.14. The standard InChI is InChI=1S/C8H8N2/c1-10-6-9-7-4-2-3-5-8(7)10/h2,4-6,8H,1H3. The first-order valence-corrected chi connectivity index (χ1v) is 3.27. The molecule has 0 saturated heterocycles. The predicted molar refractivity (Wildman–Crippen MR) is 40.8 cm³/mol. The van der Waals surface area contributed by atoms with Crippen LogP contribution < -0.4 is 0 Å². The van der Waals surface area contributed by atoms with Gasteiger partial charge in [-0.05, 0) is 18.2 Å². The Balaban J connectivity index is 2.41. The van der Waals surface area contributed by atoms with Gasteiger partial charge in [-0.2, -0.15) is 0 Å². The molecule has 2 nitrogen and oxygen atoms in total.